The second-order valence-electron chi connectivity index (χ2n) is 6.45. The number of aliphatic imine (C=N–C) groups is 1. The van der Waals surface area contributed by atoms with Gasteiger partial charge in [0.1, 0.15) is 5.82 Å². The summed E-state index contributed by atoms with van der Waals surface area (Å²) in [5, 5.41) is 3.81. The quantitative estimate of drug-likeness (QED) is 0.225. The summed E-state index contributed by atoms with van der Waals surface area (Å²) in [4.78, 5) is 17.0. The van der Waals surface area contributed by atoms with Crippen molar-refractivity contribution in [2.75, 3.05) is 0 Å². The number of nitrogens with zero attached hydrogens (tertiary/aromatic N) is 1. The van der Waals surface area contributed by atoms with Crippen LogP contribution in [0.4, 0.5) is 10.1 Å². The summed E-state index contributed by atoms with van der Waals surface area (Å²) in [7, 11) is 0. The highest BCUT2D eigenvalue weighted by atomic mass is 79.9. The van der Waals surface area contributed by atoms with Gasteiger partial charge in [-0.15, -0.1) is 17.0 Å². The normalized spacial score (nSPS) is 11.1. The van der Waals surface area contributed by atoms with E-state index >= 15 is 0 Å². The molecule has 0 aromatic heterocycles. The standard InChI is InChI=1S/C22H17BrCl2FN3OS.BrH/c23-15-3-7-18(21(30)28-11-13-1-4-16(24)5-2-13)14(9-15)12-31-22(27)29-17-6-8-20(26)19(25)10-17;/h1-10H,11-12H2,(H2,27,29)(H,28,30);1H. The third-order valence-electron chi connectivity index (χ3n) is 4.20. The largest absolute Gasteiger partial charge is 0.378 e. The Labute approximate surface area is 218 Å². The van der Waals surface area contributed by atoms with E-state index in [1.807, 2.05) is 24.3 Å². The summed E-state index contributed by atoms with van der Waals surface area (Å²) >= 11 is 16.4. The van der Waals surface area contributed by atoms with E-state index in [1.165, 1.54) is 30.0 Å². The van der Waals surface area contributed by atoms with Crippen molar-refractivity contribution in [3.05, 3.63) is 97.7 Å². The molecule has 10 heteroatoms. The molecule has 0 aliphatic heterocycles. The van der Waals surface area contributed by atoms with E-state index in [9.17, 15) is 9.18 Å². The fraction of sp³-hybridized carbons (Fsp3) is 0.0909. The third-order valence-corrected chi connectivity index (χ3v) is 6.07. The predicted octanol–water partition coefficient (Wildman–Crippen LogP) is 7.28. The molecule has 0 fully saturated rings. The molecule has 4 nitrogen and oxygen atoms in total. The minimum Gasteiger partial charge on any atom is -0.378 e. The summed E-state index contributed by atoms with van der Waals surface area (Å²) in [6.45, 7) is 0.383. The molecule has 0 spiro atoms. The van der Waals surface area contributed by atoms with E-state index in [0.29, 0.717) is 28.6 Å². The molecular formula is C22H18Br2Cl2FN3OS. The van der Waals surface area contributed by atoms with Gasteiger partial charge in [0, 0.05) is 27.4 Å². The molecule has 3 aromatic carbocycles. The van der Waals surface area contributed by atoms with Gasteiger partial charge in [-0.05, 0) is 59.7 Å². The second-order valence-corrected chi connectivity index (χ2v) is 9.20. The van der Waals surface area contributed by atoms with Crippen molar-refractivity contribution >= 4 is 84.6 Å². The lowest BCUT2D eigenvalue weighted by atomic mass is 10.1. The molecule has 0 aliphatic rings. The number of amidine groups is 1. The molecule has 0 saturated carbocycles. The van der Waals surface area contributed by atoms with Crippen LogP contribution in [0.3, 0.4) is 0 Å². The van der Waals surface area contributed by atoms with Gasteiger partial charge in [0.25, 0.3) is 5.91 Å². The number of benzene rings is 3. The van der Waals surface area contributed by atoms with Gasteiger partial charge in [-0.2, -0.15) is 0 Å². The highest BCUT2D eigenvalue weighted by molar-refractivity contribution is 9.10. The molecule has 0 saturated heterocycles. The van der Waals surface area contributed by atoms with Gasteiger partial charge >= 0.3 is 0 Å². The molecule has 3 rings (SSSR count). The van der Waals surface area contributed by atoms with Crippen LogP contribution in [0, 0.1) is 5.82 Å². The maximum absolute atomic E-state index is 13.3. The number of nitrogens with two attached hydrogens (primary N) is 1. The second kappa shape index (κ2) is 12.6. The first-order valence-corrected chi connectivity index (χ1v) is 11.6. The fourth-order valence-corrected chi connectivity index (χ4v) is 4.07. The number of carbonyl (C=O) groups excluding carboxylic acids is 1. The highest BCUT2D eigenvalue weighted by Gasteiger charge is 2.13. The van der Waals surface area contributed by atoms with Gasteiger partial charge in [0.15, 0.2) is 5.17 Å². The Morgan fingerprint density at radius 1 is 1.09 bits per heavy atom. The van der Waals surface area contributed by atoms with Crippen molar-refractivity contribution in [1.29, 1.82) is 0 Å². The smallest absolute Gasteiger partial charge is 0.251 e. The summed E-state index contributed by atoms with van der Waals surface area (Å²) in [6.07, 6.45) is 0. The van der Waals surface area contributed by atoms with Crippen LogP contribution in [-0.2, 0) is 12.3 Å². The zero-order valence-electron chi connectivity index (χ0n) is 16.4. The molecule has 3 aromatic rings. The minimum absolute atomic E-state index is 0. The van der Waals surface area contributed by atoms with Gasteiger partial charge in [0.05, 0.1) is 10.7 Å². The molecule has 32 heavy (non-hydrogen) atoms. The first kappa shape index (κ1) is 26.7. The van der Waals surface area contributed by atoms with Crippen molar-refractivity contribution in [3.63, 3.8) is 0 Å². The Morgan fingerprint density at radius 2 is 1.81 bits per heavy atom. The number of hydrogen-bond donors (Lipinski definition) is 2. The Hall–Kier alpha value is -1.58. The van der Waals surface area contributed by atoms with Crippen LogP contribution in [0.5, 0.6) is 0 Å². The Kier molecular flexibility index (Phi) is 10.5. The van der Waals surface area contributed by atoms with Crippen LogP contribution in [0.1, 0.15) is 21.5 Å². The lowest BCUT2D eigenvalue weighted by Gasteiger charge is -2.11. The van der Waals surface area contributed by atoms with E-state index in [0.717, 1.165) is 15.6 Å². The monoisotopic (exact) mass is 619 g/mol. The van der Waals surface area contributed by atoms with Crippen LogP contribution in [0.25, 0.3) is 0 Å². The molecule has 0 heterocycles. The molecule has 0 atom stereocenters. The Morgan fingerprint density at radius 3 is 2.50 bits per heavy atom. The SMILES string of the molecule is Br.N/C(=N\c1ccc(F)c(Cl)c1)SCc1cc(Br)ccc1C(=O)NCc1ccc(Cl)cc1. The summed E-state index contributed by atoms with van der Waals surface area (Å²) in [6, 6.07) is 16.8. The molecule has 168 valence electrons. The molecule has 0 radical (unpaired) electrons. The van der Waals surface area contributed by atoms with E-state index < -0.39 is 5.82 Å². The third kappa shape index (κ3) is 7.78. The Bertz CT molecular complexity index is 1130. The zero-order chi connectivity index (χ0) is 22.4. The lowest BCUT2D eigenvalue weighted by molar-refractivity contribution is 0.0950. The fourth-order valence-electron chi connectivity index (χ4n) is 2.65. The van der Waals surface area contributed by atoms with Crippen molar-refractivity contribution in [2.24, 2.45) is 10.7 Å². The number of thioether (sulfide) groups is 1. The van der Waals surface area contributed by atoms with Gasteiger partial charge in [-0.1, -0.05) is 63.0 Å². The van der Waals surface area contributed by atoms with Crippen LogP contribution in [0.2, 0.25) is 10.0 Å². The predicted molar refractivity (Wildman–Crippen MR) is 141 cm³/mol. The van der Waals surface area contributed by atoms with Crippen molar-refractivity contribution < 1.29 is 9.18 Å². The van der Waals surface area contributed by atoms with Crippen molar-refractivity contribution in [1.82, 2.24) is 5.32 Å². The average Bonchev–Trinajstić information content (AvgIpc) is 2.74. The van der Waals surface area contributed by atoms with Crippen LogP contribution in [0.15, 0.2) is 70.1 Å². The minimum atomic E-state index is -0.518. The molecule has 0 bridgehead atoms. The molecule has 0 aliphatic carbocycles. The number of hydrogen-bond acceptors (Lipinski definition) is 3. The maximum atomic E-state index is 13.3. The molecular weight excluding hydrogens is 604 g/mol. The lowest BCUT2D eigenvalue weighted by Crippen LogP contribution is -2.24. The van der Waals surface area contributed by atoms with E-state index in [1.54, 1.807) is 18.2 Å². The first-order chi connectivity index (χ1) is 14.8. The van der Waals surface area contributed by atoms with E-state index in [2.05, 4.69) is 26.2 Å². The summed E-state index contributed by atoms with van der Waals surface area (Å²) in [5.74, 6) is -0.290. The summed E-state index contributed by atoms with van der Waals surface area (Å²) in [5.41, 5.74) is 8.74. The van der Waals surface area contributed by atoms with Crippen LogP contribution >= 0.6 is 67.9 Å². The number of carbonyl (C=O) groups is 1. The zero-order valence-corrected chi connectivity index (χ0v) is 22.1. The topological polar surface area (TPSA) is 67.5 Å². The molecule has 0 unspecified atom stereocenters. The maximum Gasteiger partial charge on any atom is 0.251 e. The Balaban J connectivity index is 0.00000363. The molecule has 3 N–H and O–H groups in total. The van der Waals surface area contributed by atoms with Crippen LogP contribution in [-0.4, -0.2) is 11.1 Å². The van der Waals surface area contributed by atoms with E-state index in [4.69, 9.17) is 28.9 Å². The highest BCUT2D eigenvalue weighted by Crippen LogP contribution is 2.25. The first-order valence-electron chi connectivity index (χ1n) is 9.05. The average molecular weight is 622 g/mol. The molecule has 1 amide bonds. The van der Waals surface area contributed by atoms with Gasteiger partial charge < -0.3 is 11.1 Å². The number of rotatable bonds is 6. The number of halogens is 5. The van der Waals surface area contributed by atoms with Crippen molar-refractivity contribution in [3.8, 4) is 0 Å². The summed E-state index contributed by atoms with van der Waals surface area (Å²) < 4.78 is 14.1. The number of amides is 1. The van der Waals surface area contributed by atoms with Crippen molar-refractivity contribution in [2.45, 2.75) is 12.3 Å². The number of nitrogens with one attached hydrogen (secondary N) is 1. The van der Waals surface area contributed by atoms with Gasteiger partial charge in [-0.3, -0.25) is 4.79 Å². The van der Waals surface area contributed by atoms with Gasteiger partial charge in [-0.25, -0.2) is 9.38 Å². The van der Waals surface area contributed by atoms with Gasteiger partial charge in [0.2, 0.25) is 0 Å². The van der Waals surface area contributed by atoms with E-state index in [-0.39, 0.29) is 33.1 Å². The van der Waals surface area contributed by atoms with Crippen LogP contribution < -0.4 is 11.1 Å².